The van der Waals surface area contributed by atoms with Gasteiger partial charge >= 0.3 is 0 Å². The third kappa shape index (κ3) is 4.70. The molecule has 4 nitrogen and oxygen atoms in total. The first-order valence-electron chi connectivity index (χ1n) is 18.3. The van der Waals surface area contributed by atoms with Crippen LogP contribution in [0.5, 0.6) is 0 Å². The highest BCUT2D eigenvalue weighted by molar-refractivity contribution is 6.26. The number of hydrogen-bond donors (Lipinski definition) is 0. The van der Waals surface area contributed by atoms with Gasteiger partial charge in [0.1, 0.15) is 0 Å². The molecule has 0 amide bonds. The minimum atomic E-state index is 0.705. The maximum Gasteiger partial charge on any atom is 0.160 e. The third-order valence-corrected chi connectivity index (χ3v) is 10.7. The molecule has 3 aromatic heterocycles. The van der Waals surface area contributed by atoms with Crippen molar-refractivity contribution in [1.29, 1.82) is 0 Å². The molecule has 0 unspecified atom stereocenters. The van der Waals surface area contributed by atoms with Crippen molar-refractivity contribution < 1.29 is 0 Å². The molecule has 3 heterocycles. The van der Waals surface area contributed by atoms with Gasteiger partial charge in [0.15, 0.2) is 5.82 Å². The highest BCUT2D eigenvalue weighted by atomic mass is 15.0. The zero-order chi connectivity index (χ0) is 35.6. The van der Waals surface area contributed by atoms with E-state index >= 15 is 0 Å². The highest BCUT2D eigenvalue weighted by Crippen LogP contribution is 2.42. The van der Waals surface area contributed by atoms with Crippen LogP contribution in [-0.2, 0) is 0 Å². The average Bonchev–Trinajstić information content (AvgIpc) is 3.77. The smallest absolute Gasteiger partial charge is 0.160 e. The minimum Gasteiger partial charge on any atom is -0.309 e. The average molecular weight is 689 g/mol. The Balaban J connectivity index is 1.15. The quantitative estimate of drug-likeness (QED) is 0.180. The second kappa shape index (κ2) is 12.1. The van der Waals surface area contributed by atoms with Gasteiger partial charge in [-0.3, -0.25) is 0 Å². The topological polar surface area (TPSA) is 35.6 Å². The van der Waals surface area contributed by atoms with Gasteiger partial charge in [0.2, 0.25) is 0 Å². The van der Waals surface area contributed by atoms with Gasteiger partial charge in [0.05, 0.1) is 33.3 Å². The molecule has 8 aromatic carbocycles. The Kier molecular flexibility index (Phi) is 6.82. The maximum atomic E-state index is 5.20. The lowest BCUT2D eigenvalue weighted by Gasteiger charge is -2.12. The van der Waals surface area contributed by atoms with Crippen molar-refractivity contribution in [3.63, 3.8) is 0 Å². The monoisotopic (exact) mass is 688 g/mol. The molecule has 0 saturated carbocycles. The molecule has 0 saturated heterocycles. The van der Waals surface area contributed by atoms with Crippen molar-refractivity contribution in [1.82, 2.24) is 19.1 Å². The van der Waals surface area contributed by atoms with E-state index in [0.29, 0.717) is 5.82 Å². The van der Waals surface area contributed by atoms with Crippen LogP contribution < -0.4 is 0 Å². The second-order valence-corrected chi connectivity index (χ2v) is 13.8. The predicted molar refractivity (Wildman–Crippen MR) is 225 cm³/mol. The van der Waals surface area contributed by atoms with E-state index in [9.17, 15) is 0 Å². The molecular formula is C50H32N4. The van der Waals surface area contributed by atoms with Crippen molar-refractivity contribution in [2.45, 2.75) is 0 Å². The van der Waals surface area contributed by atoms with Crippen molar-refractivity contribution in [2.24, 2.45) is 0 Å². The molecule has 0 aliphatic rings. The van der Waals surface area contributed by atoms with Crippen LogP contribution in [-0.4, -0.2) is 19.1 Å². The molecule has 0 fully saturated rings. The Hall–Kier alpha value is -7.30. The van der Waals surface area contributed by atoms with E-state index in [-0.39, 0.29) is 0 Å². The zero-order valence-corrected chi connectivity index (χ0v) is 29.3. The van der Waals surface area contributed by atoms with Gasteiger partial charge in [0.25, 0.3) is 0 Å². The molecule has 0 aliphatic heterocycles. The van der Waals surface area contributed by atoms with Crippen LogP contribution in [0.3, 0.4) is 0 Å². The fourth-order valence-electron chi connectivity index (χ4n) is 8.29. The molecule has 0 atom stereocenters. The number of benzene rings is 8. The summed E-state index contributed by atoms with van der Waals surface area (Å²) in [6.45, 7) is 0. The van der Waals surface area contributed by atoms with Gasteiger partial charge in [-0.05, 0) is 59.7 Å². The zero-order valence-electron chi connectivity index (χ0n) is 29.3. The lowest BCUT2D eigenvalue weighted by molar-refractivity contribution is 1.17. The molecular weight excluding hydrogens is 657 g/mol. The summed E-state index contributed by atoms with van der Waals surface area (Å²) in [6.07, 6.45) is 0. The Morgan fingerprint density at radius 2 is 0.944 bits per heavy atom. The number of nitrogens with zero attached hydrogens (tertiary/aromatic N) is 4. The lowest BCUT2D eigenvalue weighted by atomic mass is 10.1. The molecule has 11 aromatic rings. The van der Waals surface area contributed by atoms with Gasteiger partial charge < -0.3 is 9.13 Å². The van der Waals surface area contributed by atoms with Gasteiger partial charge in [0, 0.05) is 49.4 Å². The summed E-state index contributed by atoms with van der Waals surface area (Å²) in [4.78, 5) is 10.3. The minimum absolute atomic E-state index is 0.705. The first-order valence-corrected chi connectivity index (χ1v) is 18.3. The summed E-state index contributed by atoms with van der Waals surface area (Å²) in [5, 5.41) is 5.95. The number of rotatable bonds is 5. The fraction of sp³-hybridized carbons (Fsp3) is 0. The van der Waals surface area contributed by atoms with E-state index < -0.39 is 0 Å². The van der Waals surface area contributed by atoms with E-state index in [0.717, 1.165) is 50.1 Å². The molecule has 0 aliphatic carbocycles. The van der Waals surface area contributed by atoms with Crippen LogP contribution in [0.15, 0.2) is 194 Å². The summed E-state index contributed by atoms with van der Waals surface area (Å²) in [5.74, 6) is 0.705. The number of para-hydroxylation sites is 3. The van der Waals surface area contributed by atoms with E-state index in [2.05, 4.69) is 191 Å². The van der Waals surface area contributed by atoms with Crippen LogP contribution in [0.1, 0.15) is 0 Å². The lowest BCUT2D eigenvalue weighted by Crippen LogP contribution is -1.98. The Bertz CT molecular complexity index is 3190. The standard InChI is InChI=1S/C50H32N4/c1-3-14-33(15-4-1)34-26-28-37(29-27-34)54-44-24-11-8-20-39(44)40-30-31-46-47(49(40)54)42-22-9-12-25-45(42)53(46)38-19-13-18-36(32-38)50-51-43-23-10-7-21-41(43)48(52-50)35-16-5-2-6-17-35/h1-32H. The van der Waals surface area contributed by atoms with Gasteiger partial charge in [-0.25, -0.2) is 9.97 Å². The van der Waals surface area contributed by atoms with E-state index in [1.807, 2.05) is 12.1 Å². The van der Waals surface area contributed by atoms with Crippen molar-refractivity contribution >= 4 is 54.5 Å². The molecule has 0 N–H and O–H groups in total. The fourth-order valence-corrected chi connectivity index (χ4v) is 8.29. The summed E-state index contributed by atoms with van der Waals surface area (Å²) in [5.41, 5.74) is 13.2. The summed E-state index contributed by atoms with van der Waals surface area (Å²) in [7, 11) is 0. The molecule has 0 spiro atoms. The van der Waals surface area contributed by atoms with Gasteiger partial charge in [-0.15, -0.1) is 0 Å². The third-order valence-electron chi connectivity index (χ3n) is 10.7. The molecule has 252 valence electrons. The highest BCUT2D eigenvalue weighted by Gasteiger charge is 2.21. The first kappa shape index (κ1) is 30.3. The first-order chi connectivity index (χ1) is 26.8. The number of hydrogen-bond acceptors (Lipinski definition) is 2. The molecule has 0 radical (unpaired) electrons. The normalized spacial score (nSPS) is 11.7. The number of fused-ring (bicyclic) bond motifs is 8. The van der Waals surface area contributed by atoms with Crippen molar-refractivity contribution in [2.75, 3.05) is 0 Å². The van der Waals surface area contributed by atoms with Crippen molar-refractivity contribution in [3.8, 4) is 45.1 Å². The summed E-state index contributed by atoms with van der Waals surface area (Å²) < 4.78 is 4.84. The van der Waals surface area contributed by atoms with Gasteiger partial charge in [-0.1, -0.05) is 146 Å². The van der Waals surface area contributed by atoms with Crippen LogP contribution in [0, 0.1) is 0 Å². The Labute approximate surface area is 311 Å². The predicted octanol–water partition coefficient (Wildman–Crippen LogP) is 12.8. The van der Waals surface area contributed by atoms with E-state index in [4.69, 9.17) is 9.97 Å². The molecule has 11 rings (SSSR count). The van der Waals surface area contributed by atoms with E-state index in [1.54, 1.807) is 0 Å². The van der Waals surface area contributed by atoms with Crippen LogP contribution >= 0.6 is 0 Å². The Morgan fingerprint density at radius 1 is 0.333 bits per heavy atom. The largest absolute Gasteiger partial charge is 0.309 e. The second-order valence-electron chi connectivity index (χ2n) is 13.8. The van der Waals surface area contributed by atoms with Crippen LogP contribution in [0.4, 0.5) is 0 Å². The van der Waals surface area contributed by atoms with Crippen LogP contribution in [0.25, 0.3) is 99.7 Å². The summed E-state index contributed by atoms with van der Waals surface area (Å²) >= 11 is 0. The number of aromatic nitrogens is 4. The van der Waals surface area contributed by atoms with Crippen LogP contribution in [0.2, 0.25) is 0 Å². The molecule has 4 heteroatoms. The molecule has 54 heavy (non-hydrogen) atoms. The molecule has 0 bridgehead atoms. The Morgan fingerprint density at radius 3 is 1.72 bits per heavy atom. The van der Waals surface area contributed by atoms with E-state index in [1.165, 1.54) is 43.7 Å². The van der Waals surface area contributed by atoms with Gasteiger partial charge in [-0.2, -0.15) is 0 Å². The summed E-state index contributed by atoms with van der Waals surface area (Å²) in [6, 6.07) is 69.0. The maximum absolute atomic E-state index is 5.20. The SMILES string of the molecule is c1ccc(-c2ccc(-n3c4ccccc4c4ccc5c(c6ccccc6n5-c5cccc(-c6nc(-c7ccccc7)c7ccccc7n6)c5)c43)cc2)cc1. The van der Waals surface area contributed by atoms with Crippen molar-refractivity contribution in [3.05, 3.63) is 194 Å².